The lowest BCUT2D eigenvalue weighted by atomic mass is 9.80. The molecular weight excluding hydrogens is 581 g/mol. The Labute approximate surface area is 220 Å². The molecular formula is C23H23F7N2O5S2. The van der Waals surface area contributed by atoms with Crippen molar-refractivity contribution in [2.45, 2.75) is 59.3 Å². The second-order valence-electron chi connectivity index (χ2n) is 9.45. The van der Waals surface area contributed by atoms with Gasteiger partial charge in [-0.2, -0.15) is 30.6 Å². The molecule has 0 bridgehead atoms. The summed E-state index contributed by atoms with van der Waals surface area (Å²) in [5, 5.41) is 1.87. The molecule has 39 heavy (non-hydrogen) atoms. The standard InChI is InChI=1S/C23H23F7N2O5S2/c1-21(2,31-20(33)23(28,29)30)14-9-11-32(12-10-14)39(36,37)18-8-7-15(22(25,26)27)13-19(18)38(34,35)17-6-4-3-5-16(17)24/h3-8,13-14H,9-12H2,1-2H3,(H,31,33). The molecule has 216 valence electrons. The van der Waals surface area contributed by atoms with E-state index < -0.39 is 75.6 Å². The van der Waals surface area contributed by atoms with Crippen molar-refractivity contribution >= 4 is 25.8 Å². The molecule has 0 aliphatic carbocycles. The van der Waals surface area contributed by atoms with Gasteiger partial charge in [-0.3, -0.25) is 4.79 Å². The number of sulfone groups is 1. The van der Waals surface area contributed by atoms with E-state index in [1.165, 1.54) is 13.8 Å². The van der Waals surface area contributed by atoms with Gasteiger partial charge in [-0.25, -0.2) is 21.2 Å². The SMILES string of the molecule is CC(C)(NC(=O)C(F)(F)F)C1CCN(S(=O)(=O)c2ccc(C(F)(F)F)cc2S(=O)(=O)c2ccccc2F)CC1. The summed E-state index contributed by atoms with van der Waals surface area (Å²) in [4.78, 5) is 8.08. The number of sulfonamides is 1. The van der Waals surface area contributed by atoms with Gasteiger partial charge in [-0.15, -0.1) is 0 Å². The van der Waals surface area contributed by atoms with Crippen molar-refractivity contribution in [3.8, 4) is 0 Å². The van der Waals surface area contributed by atoms with Crippen molar-refractivity contribution in [3.05, 3.63) is 53.8 Å². The van der Waals surface area contributed by atoms with Gasteiger partial charge in [0.05, 0.1) is 10.5 Å². The van der Waals surface area contributed by atoms with Gasteiger partial charge in [0.1, 0.15) is 15.6 Å². The molecule has 1 aliphatic heterocycles. The van der Waals surface area contributed by atoms with Gasteiger partial charge in [-0.1, -0.05) is 12.1 Å². The van der Waals surface area contributed by atoms with Gasteiger partial charge in [0.2, 0.25) is 19.9 Å². The van der Waals surface area contributed by atoms with Crippen molar-refractivity contribution in [3.63, 3.8) is 0 Å². The maximum absolute atomic E-state index is 14.3. The van der Waals surface area contributed by atoms with E-state index in [1.54, 1.807) is 0 Å². The van der Waals surface area contributed by atoms with Crippen molar-refractivity contribution in [2.24, 2.45) is 5.92 Å². The quantitative estimate of drug-likeness (QED) is 0.489. The summed E-state index contributed by atoms with van der Waals surface area (Å²) < 4.78 is 147. The van der Waals surface area contributed by atoms with Crippen LogP contribution < -0.4 is 5.32 Å². The van der Waals surface area contributed by atoms with Crippen LogP contribution in [0.3, 0.4) is 0 Å². The number of hydrogen-bond donors (Lipinski definition) is 1. The van der Waals surface area contributed by atoms with E-state index in [1.807, 2.05) is 5.32 Å². The second-order valence-corrected chi connectivity index (χ2v) is 13.2. The van der Waals surface area contributed by atoms with Crippen molar-refractivity contribution in [1.29, 1.82) is 0 Å². The van der Waals surface area contributed by atoms with Crippen LogP contribution in [-0.2, 0) is 30.8 Å². The van der Waals surface area contributed by atoms with Gasteiger partial charge in [-0.05, 0) is 62.9 Å². The average Bonchev–Trinajstić information content (AvgIpc) is 2.82. The van der Waals surface area contributed by atoms with Gasteiger partial charge in [0.25, 0.3) is 0 Å². The van der Waals surface area contributed by atoms with E-state index in [4.69, 9.17) is 0 Å². The van der Waals surface area contributed by atoms with Gasteiger partial charge >= 0.3 is 18.3 Å². The van der Waals surface area contributed by atoms with E-state index in [2.05, 4.69) is 0 Å². The highest BCUT2D eigenvalue weighted by atomic mass is 32.2. The molecule has 7 nitrogen and oxygen atoms in total. The van der Waals surface area contributed by atoms with Gasteiger partial charge < -0.3 is 5.32 Å². The third kappa shape index (κ3) is 6.38. The first-order valence-corrected chi connectivity index (χ1v) is 14.2. The first kappa shape index (κ1) is 30.8. The molecule has 16 heteroatoms. The number of amides is 1. The number of alkyl halides is 6. The predicted octanol–water partition coefficient (Wildman–Crippen LogP) is 4.54. The van der Waals surface area contributed by atoms with Crippen LogP contribution in [0.5, 0.6) is 0 Å². The molecule has 1 heterocycles. The highest BCUT2D eigenvalue weighted by Gasteiger charge is 2.45. The molecule has 1 N–H and O–H groups in total. The number of carbonyl (C=O) groups excluding carboxylic acids is 1. The number of nitrogens with one attached hydrogen (secondary N) is 1. The molecule has 0 atom stereocenters. The molecule has 2 aromatic rings. The summed E-state index contributed by atoms with van der Waals surface area (Å²) in [7, 11) is -9.88. The molecule has 1 aliphatic rings. The highest BCUT2D eigenvalue weighted by Crippen LogP contribution is 2.38. The average molecular weight is 605 g/mol. The third-order valence-electron chi connectivity index (χ3n) is 6.47. The van der Waals surface area contributed by atoms with E-state index in [0.29, 0.717) is 12.1 Å². The van der Waals surface area contributed by atoms with E-state index >= 15 is 0 Å². The maximum atomic E-state index is 14.3. The minimum absolute atomic E-state index is 0.0552. The number of nitrogens with zero attached hydrogens (tertiary/aromatic N) is 1. The molecule has 3 rings (SSSR count). The van der Waals surface area contributed by atoms with Crippen LogP contribution in [0.4, 0.5) is 30.7 Å². The number of piperidine rings is 1. The topological polar surface area (TPSA) is 101 Å². The van der Waals surface area contributed by atoms with Crippen LogP contribution in [0.2, 0.25) is 0 Å². The fourth-order valence-corrected chi connectivity index (χ4v) is 7.91. The van der Waals surface area contributed by atoms with E-state index in [-0.39, 0.29) is 32.0 Å². The van der Waals surface area contributed by atoms with Gasteiger partial charge in [0, 0.05) is 18.6 Å². The zero-order valence-electron chi connectivity index (χ0n) is 20.4. The minimum atomic E-state index is -5.13. The molecule has 2 aromatic carbocycles. The van der Waals surface area contributed by atoms with Crippen molar-refractivity contribution in [2.75, 3.05) is 13.1 Å². The van der Waals surface area contributed by atoms with Crippen LogP contribution in [0.25, 0.3) is 0 Å². The lowest BCUT2D eigenvalue weighted by Gasteiger charge is -2.40. The first-order chi connectivity index (χ1) is 17.7. The summed E-state index contributed by atoms with van der Waals surface area (Å²) in [6.45, 7) is 2.00. The Kier molecular flexibility index (Phi) is 8.18. The first-order valence-electron chi connectivity index (χ1n) is 11.3. The Morgan fingerprint density at radius 3 is 1.95 bits per heavy atom. The number of benzene rings is 2. The second kappa shape index (κ2) is 10.4. The number of carbonyl (C=O) groups is 1. The third-order valence-corrected chi connectivity index (χ3v) is 10.4. The van der Waals surface area contributed by atoms with Crippen LogP contribution in [0.1, 0.15) is 32.3 Å². The highest BCUT2D eigenvalue weighted by molar-refractivity contribution is 7.93. The molecule has 1 amide bonds. The Bertz CT molecular complexity index is 1460. The Morgan fingerprint density at radius 1 is 0.872 bits per heavy atom. The molecule has 0 radical (unpaired) electrons. The predicted molar refractivity (Wildman–Crippen MR) is 123 cm³/mol. The van der Waals surface area contributed by atoms with Crippen LogP contribution in [-0.4, -0.2) is 51.9 Å². The van der Waals surface area contributed by atoms with Crippen LogP contribution >= 0.6 is 0 Å². The van der Waals surface area contributed by atoms with Crippen LogP contribution in [0.15, 0.2) is 57.2 Å². The molecule has 1 saturated heterocycles. The monoisotopic (exact) mass is 604 g/mol. The fourth-order valence-electron chi connectivity index (χ4n) is 4.31. The van der Waals surface area contributed by atoms with Crippen LogP contribution in [0, 0.1) is 11.7 Å². The van der Waals surface area contributed by atoms with E-state index in [0.717, 1.165) is 28.6 Å². The van der Waals surface area contributed by atoms with Crippen molar-refractivity contribution in [1.82, 2.24) is 9.62 Å². The molecule has 0 saturated carbocycles. The Morgan fingerprint density at radius 2 is 1.44 bits per heavy atom. The summed E-state index contributed by atoms with van der Waals surface area (Å²) in [5.74, 6) is -4.10. The fraction of sp³-hybridized carbons (Fsp3) is 0.435. The molecule has 1 fully saturated rings. The summed E-state index contributed by atoms with van der Waals surface area (Å²) in [6, 6.07) is 4.77. The maximum Gasteiger partial charge on any atom is 0.471 e. The Balaban J connectivity index is 1.99. The molecule has 0 aromatic heterocycles. The summed E-state index contributed by atoms with van der Waals surface area (Å²) >= 11 is 0. The minimum Gasteiger partial charge on any atom is -0.343 e. The smallest absolute Gasteiger partial charge is 0.343 e. The molecule has 0 unspecified atom stereocenters. The summed E-state index contributed by atoms with van der Waals surface area (Å²) in [5.41, 5.74) is -2.87. The number of hydrogen-bond acceptors (Lipinski definition) is 5. The lowest BCUT2D eigenvalue weighted by molar-refractivity contribution is -0.176. The largest absolute Gasteiger partial charge is 0.471 e. The summed E-state index contributed by atoms with van der Waals surface area (Å²) in [6.07, 6.45) is -10.3. The molecule has 0 spiro atoms. The zero-order valence-corrected chi connectivity index (χ0v) is 22.0. The number of rotatable bonds is 6. The Hall–Kier alpha value is -2.72. The normalized spacial score (nSPS) is 16.7. The number of halogens is 7. The van der Waals surface area contributed by atoms with Crippen molar-refractivity contribution < 1.29 is 52.4 Å². The van der Waals surface area contributed by atoms with Gasteiger partial charge in [0.15, 0.2) is 0 Å². The zero-order chi connectivity index (χ0) is 29.6. The lowest BCUT2D eigenvalue weighted by Crippen LogP contribution is -2.55. The van der Waals surface area contributed by atoms with E-state index in [9.17, 15) is 52.4 Å².